The quantitative estimate of drug-likeness (QED) is 0.840. The Balaban J connectivity index is 2.71. The molecule has 0 aliphatic heterocycles. The van der Waals surface area contributed by atoms with Gasteiger partial charge in [0.1, 0.15) is 11.4 Å². The maximum Gasteiger partial charge on any atom is 0.220 e. The summed E-state index contributed by atoms with van der Waals surface area (Å²) in [6.07, 6.45) is 1.18. The zero-order valence-corrected chi connectivity index (χ0v) is 13.0. The number of nitrogens with one attached hydrogen (secondary N) is 1. The first-order valence-electron chi connectivity index (χ1n) is 7.07. The van der Waals surface area contributed by atoms with Crippen LogP contribution in [0.4, 0.5) is 0 Å². The zero-order valence-electron chi connectivity index (χ0n) is 13.0. The summed E-state index contributed by atoms with van der Waals surface area (Å²) >= 11 is 0. The van der Waals surface area contributed by atoms with Crippen LogP contribution < -0.4 is 15.8 Å². The van der Waals surface area contributed by atoms with Gasteiger partial charge in [-0.2, -0.15) is 0 Å². The molecule has 3 N–H and O–H groups in total. The van der Waals surface area contributed by atoms with Crippen LogP contribution in [0.1, 0.15) is 44.7 Å². The molecule has 0 saturated heterocycles. The fraction of sp³-hybridized carbons (Fsp3) is 0.562. The summed E-state index contributed by atoms with van der Waals surface area (Å²) in [6, 6.07) is 6.03. The predicted molar refractivity (Wildman–Crippen MR) is 81.7 cm³/mol. The van der Waals surface area contributed by atoms with Gasteiger partial charge >= 0.3 is 0 Å². The van der Waals surface area contributed by atoms with Crippen molar-refractivity contribution in [3.05, 3.63) is 29.3 Å². The third-order valence-corrected chi connectivity index (χ3v) is 2.72. The van der Waals surface area contributed by atoms with Crippen LogP contribution in [-0.4, -0.2) is 18.1 Å². The van der Waals surface area contributed by atoms with Crippen molar-refractivity contribution < 1.29 is 9.53 Å². The number of carbonyl (C=O) groups is 1. The van der Waals surface area contributed by atoms with Gasteiger partial charge in [-0.3, -0.25) is 4.79 Å². The van der Waals surface area contributed by atoms with E-state index in [4.69, 9.17) is 10.5 Å². The molecule has 112 valence electrons. The maximum atomic E-state index is 11.6. The minimum absolute atomic E-state index is 0.0257. The van der Waals surface area contributed by atoms with E-state index in [9.17, 15) is 4.79 Å². The van der Waals surface area contributed by atoms with Crippen LogP contribution >= 0.6 is 0 Å². The van der Waals surface area contributed by atoms with Crippen LogP contribution in [-0.2, 0) is 11.3 Å². The molecular formula is C16H26N2O2. The highest BCUT2D eigenvalue weighted by molar-refractivity contribution is 5.75. The second-order valence-corrected chi connectivity index (χ2v) is 5.99. The Kier molecular flexibility index (Phi) is 6.02. The van der Waals surface area contributed by atoms with Crippen molar-refractivity contribution in [2.24, 2.45) is 5.73 Å². The highest BCUT2D eigenvalue weighted by Gasteiger charge is 2.15. The first-order chi connectivity index (χ1) is 9.31. The monoisotopic (exact) mass is 278 g/mol. The zero-order chi connectivity index (χ0) is 15.2. The molecule has 0 radical (unpaired) electrons. The Bertz CT molecular complexity index is 450. The minimum Gasteiger partial charge on any atom is -0.488 e. The van der Waals surface area contributed by atoms with Crippen molar-refractivity contribution in [2.45, 2.75) is 52.7 Å². The molecule has 20 heavy (non-hydrogen) atoms. The van der Waals surface area contributed by atoms with E-state index in [1.165, 1.54) is 0 Å². The molecular weight excluding hydrogens is 252 g/mol. The molecule has 4 heteroatoms. The first-order valence-corrected chi connectivity index (χ1v) is 7.07. The largest absolute Gasteiger partial charge is 0.488 e. The standard InChI is InChI=1S/C16H26N2O2/c1-12-7-8-13(11-18-15(19)6-5-9-17)14(10-12)20-16(2,3)4/h7-8,10H,5-6,9,11,17H2,1-4H3,(H,18,19). The number of carbonyl (C=O) groups excluding carboxylic acids is 1. The van der Waals surface area contributed by atoms with Crippen LogP contribution in [0, 0.1) is 6.92 Å². The topological polar surface area (TPSA) is 64.4 Å². The highest BCUT2D eigenvalue weighted by Crippen LogP contribution is 2.24. The summed E-state index contributed by atoms with van der Waals surface area (Å²) in [6.45, 7) is 9.08. The Morgan fingerprint density at radius 3 is 2.65 bits per heavy atom. The molecule has 0 atom stereocenters. The van der Waals surface area contributed by atoms with Gasteiger partial charge < -0.3 is 15.8 Å². The van der Waals surface area contributed by atoms with Gasteiger partial charge in [-0.15, -0.1) is 0 Å². The fourth-order valence-corrected chi connectivity index (χ4v) is 1.78. The molecule has 4 nitrogen and oxygen atoms in total. The number of hydrogen-bond donors (Lipinski definition) is 2. The number of ether oxygens (including phenoxy) is 1. The average molecular weight is 278 g/mol. The van der Waals surface area contributed by atoms with Crippen LogP contribution in [0.3, 0.4) is 0 Å². The number of aryl methyl sites for hydroxylation is 1. The normalized spacial score (nSPS) is 11.2. The van der Waals surface area contributed by atoms with Gasteiger partial charge in [-0.05, 0) is 52.3 Å². The van der Waals surface area contributed by atoms with Crippen LogP contribution in [0.2, 0.25) is 0 Å². The lowest BCUT2D eigenvalue weighted by Gasteiger charge is -2.23. The lowest BCUT2D eigenvalue weighted by atomic mass is 10.1. The van der Waals surface area contributed by atoms with E-state index in [0.717, 1.165) is 16.9 Å². The number of hydrogen-bond acceptors (Lipinski definition) is 3. The molecule has 1 aromatic carbocycles. The fourth-order valence-electron chi connectivity index (χ4n) is 1.78. The average Bonchev–Trinajstić information content (AvgIpc) is 2.33. The lowest BCUT2D eigenvalue weighted by Crippen LogP contribution is -2.26. The van der Waals surface area contributed by atoms with Gasteiger partial charge in [0.05, 0.1) is 0 Å². The third kappa shape index (κ3) is 6.06. The van der Waals surface area contributed by atoms with Crippen molar-refractivity contribution in [2.75, 3.05) is 6.54 Å². The van der Waals surface area contributed by atoms with Crippen molar-refractivity contribution in [3.8, 4) is 5.75 Å². The van der Waals surface area contributed by atoms with Crippen molar-refractivity contribution in [1.29, 1.82) is 0 Å². The van der Waals surface area contributed by atoms with E-state index in [2.05, 4.69) is 5.32 Å². The van der Waals surface area contributed by atoms with E-state index in [1.807, 2.05) is 45.9 Å². The predicted octanol–water partition coefficient (Wildman–Crippen LogP) is 2.53. The molecule has 1 rings (SSSR count). The van der Waals surface area contributed by atoms with Crippen LogP contribution in [0.25, 0.3) is 0 Å². The molecule has 0 fully saturated rings. The maximum absolute atomic E-state index is 11.6. The summed E-state index contributed by atoms with van der Waals surface area (Å²) < 4.78 is 5.96. The van der Waals surface area contributed by atoms with E-state index in [1.54, 1.807) is 0 Å². The summed E-state index contributed by atoms with van der Waals surface area (Å²) in [5.41, 5.74) is 7.27. The number of nitrogens with two attached hydrogens (primary N) is 1. The molecule has 0 aliphatic rings. The summed E-state index contributed by atoms with van der Waals surface area (Å²) in [4.78, 5) is 11.6. The van der Waals surface area contributed by atoms with Crippen LogP contribution in [0.5, 0.6) is 5.75 Å². The minimum atomic E-state index is -0.258. The van der Waals surface area contributed by atoms with E-state index in [-0.39, 0.29) is 11.5 Å². The second-order valence-electron chi connectivity index (χ2n) is 5.99. The first kappa shape index (κ1) is 16.5. The SMILES string of the molecule is Cc1ccc(CNC(=O)CCCN)c(OC(C)(C)C)c1. The molecule has 0 unspecified atom stereocenters. The number of amides is 1. The Labute approximate surface area is 121 Å². The number of rotatable bonds is 6. The van der Waals surface area contributed by atoms with Crippen molar-refractivity contribution in [1.82, 2.24) is 5.32 Å². The van der Waals surface area contributed by atoms with E-state index < -0.39 is 0 Å². The third-order valence-electron chi connectivity index (χ3n) is 2.72. The lowest BCUT2D eigenvalue weighted by molar-refractivity contribution is -0.121. The second kappa shape index (κ2) is 7.29. The van der Waals surface area contributed by atoms with E-state index in [0.29, 0.717) is 25.9 Å². The summed E-state index contributed by atoms with van der Waals surface area (Å²) in [7, 11) is 0. The summed E-state index contributed by atoms with van der Waals surface area (Å²) in [5, 5.41) is 2.90. The van der Waals surface area contributed by atoms with Gasteiger partial charge in [-0.1, -0.05) is 12.1 Å². The van der Waals surface area contributed by atoms with Crippen LogP contribution in [0.15, 0.2) is 18.2 Å². The van der Waals surface area contributed by atoms with E-state index >= 15 is 0 Å². The molecule has 1 aromatic rings. The van der Waals surface area contributed by atoms with Gasteiger partial charge in [0.2, 0.25) is 5.91 Å². The smallest absolute Gasteiger partial charge is 0.220 e. The Morgan fingerprint density at radius 2 is 2.05 bits per heavy atom. The Hall–Kier alpha value is -1.55. The molecule has 0 saturated carbocycles. The van der Waals surface area contributed by atoms with Crippen molar-refractivity contribution in [3.63, 3.8) is 0 Å². The van der Waals surface area contributed by atoms with Gasteiger partial charge in [0.15, 0.2) is 0 Å². The Morgan fingerprint density at radius 1 is 1.35 bits per heavy atom. The molecule has 0 spiro atoms. The van der Waals surface area contributed by atoms with Gasteiger partial charge in [-0.25, -0.2) is 0 Å². The van der Waals surface area contributed by atoms with Gasteiger partial charge in [0, 0.05) is 18.5 Å². The molecule has 0 bridgehead atoms. The molecule has 0 heterocycles. The highest BCUT2D eigenvalue weighted by atomic mass is 16.5. The summed E-state index contributed by atoms with van der Waals surface area (Å²) in [5.74, 6) is 0.856. The van der Waals surface area contributed by atoms with Gasteiger partial charge in [0.25, 0.3) is 0 Å². The van der Waals surface area contributed by atoms with Crippen molar-refractivity contribution >= 4 is 5.91 Å². The molecule has 1 amide bonds. The number of benzene rings is 1. The molecule has 0 aliphatic carbocycles. The molecule has 0 aromatic heterocycles.